The number of nitrogens with one attached hydrogen (secondary N) is 1. The van der Waals surface area contributed by atoms with Crippen molar-refractivity contribution in [3.8, 4) is 0 Å². The van der Waals surface area contributed by atoms with Gasteiger partial charge in [0.05, 0.1) is 52.3 Å². The maximum atomic E-state index is 12.5. The quantitative estimate of drug-likeness (QED) is 0.136. The van der Waals surface area contributed by atoms with Gasteiger partial charge in [-0.25, -0.2) is 0 Å². The summed E-state index contributed by atoms with van der Waals surface area (Å²) in [4.78, 5) is 0. The molecule has 0 amide bonds. The largest absolute Gasteiger partial charge is 0.395 e. The maximum absolute atomic E-state index is 12.5. The number of rotatable bonds is 17. The fourth-order valence-electron chi connectivity index (χ4n) is 5.94. The van der Waals surface area contributed by atoms with Crippen molar-refractivity contribution < 1.29 is 34.3 Å². The van der Waals surface area contributed by atoms with E-state index in [1.165, 1.54) is 0 Å². The van der Waals surface area contributed by atoms with E-state index in [0.29, 0.717) is 13.2 Å². The lowest BCUT2D eigenvalue weighted by atomic mass is 9.75. The second-order valence-electron chi connectivity index (χ2n) is 11.9. The van der Waals surface area contributed by atoms with E-state index < -0.39 is 36.0 Å². The Balaban J connectivity index is 1.48. The second-order valence-corrected chi connectivity index (χ2v) is 11.9. The van der Waals surface area contributed by atoms with Crippen LogP contribution in [0.3, 0.4) is 0 Å². The van der Waals surface area contributed by atoms with Crippen molar-refractivity contribution >= 4 is 0 Å². The van der Waals surface area contributed by atoms with Gasteiger partial charge in [0.1, 0.15) is 23.9 Å². The first-order chi connectivity index (χ1) is 22.6. The molecule has 0 radical (unpaired) electrons. The molecular weight excluding hydrogens is 582 g/mol. The van der Waals surface area contributed by atoms with Crippen molar-refractivity contribution in [2.24, 2.45) is 0 Å². The van der Waals surface area contributed by atoms with Gasteiger partial charge >= 0.3 is 0 Å². The Kier molecular flexibility index (Phi) is 12.9. The van der Waals surface area contributed by atoms with E-state index in [0.717, 1.165) is 22.3 Å². The third kappa shape index (κ3) is 9.54. The van der Waals surface area contributed by atoms with Crippen LogP contribution in [-0.4, -0.2) is 71.1 Å². The third-order valence-corrected chi connectivity index (χ3v) is 8.32. The minimum absolute atomic E-state index is 0.0287. The van der Waals surface area contributed by atoms with Gasteiger partial charge in [-0.3, -0.25) is 0 Å². The average molecular weight is 628 g/mol. The van der Waals surface area contributed by atoms with Gasteiger partial charge in [0.25, 0.3) is 0 Å². The van der Waals surface area contributed by atoms with Crippen LogP contribution >= 0.6 is 0 Å². The Morgan fingerprint density at radius 2 is 1.00 bits per heavy atom. The number of benzene rings is 4. The van der Waals surface area contributed by atoms with Crippen LogP contribution in [0.2, 0.25) is 0 Å². The summed E-state index contributed by atoms with van der Waals surface area (Å²) in [6, 6.07) is 38.2. The van der Waals surface area contributed by atoms with Crippen molar-refractivity contribution in [2.75, 3.05) is 19.8 Å². The molecule has 5 atom stereocenters. The molecule has 46 heavy (non-hydrogen) atoms. The molecule has 0 aliphatic heterocycles. The van der Waals surface area contributed by atoms with Crippen LogP contribution in [0.1, 0.15) is 28.7 Å². The summed E-state index contributed by atoms with van der Waals surface area (Å²) < 4.78 is 26.1. The number of hydrogen-bond acceptors (Lipinski definition) is 8. The van der Waals surface area contributed by atoms with Crippen molar-refractivity contribution in [3.63, 3.8) is 0 Å². The van der Waals surface area contributed by atoms with Crippen LogP contribution in [0.5, 0.6) is 0 Å². The molecule has 0 heterocycles. The first-order valence-corrected chi connectivity index (χ1v) is 15.9. The lowest BCUT2D eigenvalue weighted by Crippen LogP contribution is -2.70. The zero-order valence-electron chi connectivity index (χ0n) is 26.1. The predicted molar refractivity (Wildman–Crippen MR) is 176 cm³/mol. The predicted octanol–water partition coefficient (Wildman–Crippen LogP) is 4.41. The summed E-state index contributed by atoms with van der Waals surface area (Å²) in [7, 11) is 0. The van der Waals surface area contributed by atoms with Gasteiger partial charge in [-0.15, -0.1) is 0 Å². The van der Waals surface area contributed by atoms with E-state index in [4.69, 9.17) is 18.9 Å². The molecule has 0 spiro atoms. The molecule has 4 aromatic carbocycles. The van der Waals surface area contributed by atoms with E-state index in [-0.39, 0.29) is 39.5 Å². The molecule has 244 valence electrons. The molecule has 4 N–H and O–H groups in total. The normalized spacial score (nSPS) is 23.0. The second kappa shape index (κ2) is 17.5. The van der Waals surface area contributed by atoms with Crippen molar-refractivity contribution in [1.29, 1.82) is 0 Å². The first-order valence-electron chi connectivity index (χ1n) is 15.9. The third-order valence-electron chi connectivity index (χ3n) is 8.32. The lowest BCUT2D eigenvalue weighted by molar-refractivity contribution is -0.256. The Hall–Kier alpha value is -3.44. The maximum Gasteiger partial charge on any atom is 0.118 e. The summed E-state index contributed by atoms with van der Waals surface area (Å²) in [5.74, 6) is 0. The first kappa shape index (κ1) is 33.9. The van der Waals surface area contributed by atoms with Gasteiger partial charge in [-0.05, 0) is 28.7 Å². The highest BCUT2D eigenvalue weighted by atomic mass is 16.6. The van der Waals surface area contributed by atoms with E-state index in [9.17, 15) is 15.3 Å². The standard InChI is InChI=1S/C38H45NO7/c40-22-33(23-41)39-34-21-38(42,28-43-24-29-13-5-1-6-14-29)37(46-27-32-19-11-4-12-20-32)36(45-26-31-17-9-3-10-18-31)35(34)44-25-30-15-7-2-8-16-30/h1-20,33-37,39-42H,21-28H2/t34-,35-,36+,37-,38+/m1/s1. The van der Waals surface area contributed by atoms with E-state index >= 15 is 0 Å². The molecule has 1 aliphatic rings. The summed E-state index contributed by atoms with van der Waals surface area (Å²) >= 11 is 0. The van der Waals surface area contributed by atoms with Crippen LogP contribution in [0.15, 0.2) is 121 Å². The minimum atomic E-state index is -1.51. The molecule has 5 rings (SSSR count). The SMILES string of the molecule is OCC(CO)N[C@@H]1C[C@](O)(COCc2ccccc2)[C@H](OCc2ccccc2)[C@@H](OCc2ccccc2)[C@@H]1OCc1ccccc1. The summed E-state index contributed by atoms with van der Waals surface area (Å²) in [5, 5.41) is 35.9. The molecule has 0 bridgehead atoms. The van der Waals surface area contributed by atoms with E-state index in [1.54, 1.807) is 0 Å². The smallest absolute Gasteiger partial charge is 0.118 e. The van der Waals surface area contributed by atoms with Crippen molar-refractivity contribution in [3.05, 3.63) is 144 Å². The number of hydrogen-bond donors (Lipinski definition) is 4. The Bertz CT molecular complexity index is 1390. The molecule has 1 aliphatic carbocycles. The number of aliphatic hydroxyl groups excluding tert-OH is 2. The molecule has 0 saturated heterocycles. The monoisotopic (exact) mass is 627 g/mol. The molecule has 8 nitrogen and oxygen atoms in total. The van der Waals surface area contributed by atoms with Crippen molar-refractivity contribution in [2.45, 2.75) is 68.8 Å². The van der Waals surface area contributed by atoms with Crippen LogP contribution in [0.25, 0.3) is 0 Å². The fraction of sp³-hybridized carbons (Fsp3) is 0.368. The molecule has 1 saturated carbocycles. The Morgan fingerprint density at radius 3 is 1.46 bits per heavy atom. The van der Waals surface area contributed by atoms with Gasteiger partial charge < -0.3 is 39.6 Å². The van der Waals surface area contributed by atoms with Crippen molar-refractivity contribution in [1.82, 2.24) is 5.32 Å². The molecule has 0 aromatic heterocycles. The van der Waals surface area contributed by atoms with Gasteiger partial charge in [0, 0.05) is 6.04 Å². The van der Waals surface area contributed by atoms with E-state index in [1.807, 2.05) is 121 Å². The van der Waals surface area contributed by atoms with Gasteiger partial charge in [0.2, 0.25) is 0 Å². The highest BCUT2D eigenvalue weighted by molar-refractivity contribution is 5.18. The number of aliphatic hydroxyl groups is 3. The zero-order valence-corrected chi connectivity index (χ0v) is 26.1. The highest BCUT2D eigenvalue weighted by Gasteiger charge is 2.55. The van der Waals surface area contributed by atoms with Crippen LogP contribution in [0, 0.1) is 0 Å². The molecule has 4 aromatic rings. The molecular formula is C38H45NO7. The fourth-order valence-corrected chi connectivity index (χ4v) is 5.94. The number of ether oxygens (including phenoxy) is 4. The summed E-state index contributed by atoms with van der Waals surface area (Å²) in [6.45, 7) is 0.517. The van der Waals surface area contributed by atoms with Gasteiger partial charge in [-0.2, -0.15) is 0 Å². The van der Waals surface area contributed by atoms with Crippen LogP contribution in [0.4, 0.5) is 0 Å². The van der Waals surface area contributed by atoms with E-state index in [2.05, 4.69) is 5.32 Å². The molecule has 8 heteroatoms. The van der Waals surface area contributed by atoms with Gasteiger partial charge in [0.15, 0.2) is 0 Å². The molecule has 1 fully saturated rings. The summed E-state index contributed by atoms with van der Waals surface area (Å²) in [6.07, 6.45) is -2.03. The van der Waals surface area contributed by atoms with Crippen LogP contribution < -0.4 is 5.32 Å². The van der Waals surface area contributed by atoms with Crippen LogP contribution in [-0.2, 0) is 45.4 Å². The average Bonchev–Trinajstić information content (AvgIpc) is 3.10. The zero-order chi connectivity index (χ0) is 32.0. The highest BCUT2D eigenvalue weighted by Crippen LogP contribution is 2.37. The topological polar surface area (TPSA) is 110 Å². The summed E-state index contributed by atoms with van der Waals surface area (Å²) in [5.41, 5.74) is 2.38. The Labute approximate surface area is 271 Å². The lowest BCUT2D eigenvalue weighted by Gasteiger charge is -2.51. The molecule has 0 unspecified atom stereocenters. The van der Waals surface area contributed by atoms with Gasteiger partial charge in [-0.1, -0.05) is 121 Å². The minimum Gasteiger partial charge on any atom is -0.395 e. The Morgan fingerprint density at radius 1 is 0.587 bits per heavy atom.